The second kappa shape index (κ2) is 5.58. The maximum Gasteiger partial charge on any atom is 0.260 e. The number of nitrogens with zero attached hydrogens (tertiary/aromatic N) is 2. The van der Waals surface area contributed by atoms with Gasteiger partial charge in [-0.3, -0.25) is 5.10 Å². The highest BCUT2D eigenvalue weighted by Crippen LogP contribution is 2.15. The highest BCUT2D eigenvalue weighted by molar-refractivity contribution is 7.89. The van der Waals surface area contributed by atoms with Crippen LogP contribution in [0.5, 0.6) is 0 Å². The van der Waals surface area contributed by atoms with Crippen molar-refractivity contribution >= 4 is 10.0 Å². The van der Waals surface area contributed by atoms with Crippen molar-refractivity contribution in [3.63, 3.8) is 0 Å². The fraction of sp³-hybridized carbons (Fsp3) is 0.667. The van der Waals surface area contributed by atoms with E-state index in [0.717, 1.165) is 0 Å². The van der Waals surface area contributed by atoms with E-state index in [4.69, 9.17) is 5.11 Å². The highest BCUT2D eigenvalue weighted by atomic mass is 32.2. The first-order valence-corrected chi connectivity index (χ1v) is 6.66. The molecule has 1 heterocycles. The van der Waals surface area contributed by atoms with E-state index in [1.54, 1.807) is 6.92 Å². The van der Waals surface area contributed by atoms with Crippen molar-refractivity contribution in [1.82, 2.24) is 19.8 Å². The normalized spacial score (nSPS) is 12.3. The van der Waals surface area contributed by atoms with Gasteiger partial charge in [0.1, 0.15) is 0 Å². The molecule has 0 bridgehead atoms. The Balaban J connectivity index is 2.82. The molecule has 0 fully saturated rings. The summed E-state index contributed by atoms with van der Waals surface area (Å²) in [7, 11) is 0.0497. The summed E-state index contributed by atoms with van der Waals surface area (Å²) in [6.07, 6.45) is 0. The second-order valence-corrected chi connectivity index (χ2v) is 5.67. The fourth-order valence-electron chi connectivity index (χ4n) is 1.31. The van der Waals surface area contributed by atoms with E-state index in [1.807, 2.05) is 19.0 Å². The molecule has 0 radical (unpaired) electrons. The first-order chi connectivity index (χ1) is 7.88. The molecule has 0 saturated heterocycles. The summed E-state index contributed by atoms with van der Waals surface area (Å²) in [6, 6.07) is 0. The van der Waals surface area contributed by atoms with Crippen LogP contribution in [0, 0.1) is 6.92 Å². The Morgan fingerprint density at radius 1 is 1.47 bits per heavy atom. The van der Waals surface area contributed by atoms with E-state index in [1.165, 1.54) is 0 Å². The van der Waals surface area contributed by atoms with Crippen LogP contribution in [0.15, 0.2) is 5.03 Å². The van der Waals surface area contributed by atoms with Crippen molar-refractivity contribution < 1.29 is 13.5 Å². The number of aliphatic hydroxyl groups excluding tert-OH is 1. The van der Waals surface area contributed by atoms with Gasteiger partial charge in [0.2, 0.25) is 0 Å². The Kier molecular flexibility index (Phi) is 4.63. The van der Waals surface area contributed by atoms with Gasteiger partial charge in [0.25, 0.3) is 10.0 Å². The lowest BCUT2D eigenvalue weighted by atomic mass is 10.3. The number of likely N-dealkylation sites (N-methyl/N-ethyl adjacent to an activating group) is 1. The van der Waals surface area contributed by atoms with Gasteiger partial charge in [-0.15, -0.1) is 0 Å². The van der Waals surface area contributed by atoms with Gasteiger partial charge in [-0.1, -0.05) is 0 Å². The molecule has 0 amide bonds. The molecule has 8 heteroatoms. The average molecular weight is 262 g/mol. The molecule has 1 aromatic rings. The van der Waals surface area contributed by atoms with Crippen molar-refractivity contribution in [3.8, 4) is 0 Å². The van der Waals surface area contributed by atoms with E-state index < -0.39 is 10.0 Å². The van der Waals surface area contributed by atoms with Crippen molar-refractivity contribution in [3.05, 3.63) is 11.3 Å². The minimum absolute atomic E-state index is 0.128. The lowest BCUT2D eigenvalue weighted by molar-refractivity contribution is 0.277. The summed E-state index contributed by atoms with van der Waals surface area (Å²) in [5.74, 6) is 0. The van der Waals surface area contributed by atoms with E-state index >= 15 is 0 Å². The summed E-state index contributed by atoms with van der Waals surface area (Å²) in [5.41, 5.74) is 0.864. The number of aromatic nitrogens is 2. The van der Waals surface area contributed by atoms with E-state index in [9.17, 15) is 8.42 Å². The monoisotopic (exact) mass is 262 g/mol. The zero-order chi connectivity index (χ0) is 13.1. The van der Waals surface area contributed by atoms with Crippen LogP contribution >= 0.6 is 0 Å². The third-order valence-electron chi connectivity index (χ3n) is 2.30. The molecule has 98 valence electrons. The highest BCUT2D eigenvalue weighted by Gasteiger charge is 2.22. The first kappa shape index (κ1) is 14.1. The quantitative estimate of drug-likeness (QED) is 0.614. The Bertz CT molecular complexity index is 467. The molecule has 0 spiro atoms. The van der Waals surface area contributed by atoms with Crippen molar-refractivity contribution in [2.45, 2.75) is 18.6 Å². The van der Waals surface area contributed by atoms with Gasteiger partial charge in [-0.05, 0) is 21.0 Å². The summed E-state index contributed by atoms with van der Waals surface area (Å²) in [5, 5.41) is 15.2. The van der Waals surface area contributed by atoms with Crippen LogP contribution in [0.3, 0.4) is 0 Å². The third-order valence-corrected chi connectivity index (χ3v) is 3.73. The average Bonchev–Trinajstić information content (AvgIpc) is 2.59. The van der Waals surface area contributed by atoms with Crippen LogP contribution < -0.4 is 4.72 Å². The number of aryl methyl sites for hydroxylation is 1. The number of H-pyrrole nitrogens is 1. The van der Waals surface area contributed by atoms with Crippen LogP contribution in [0.4, 0.5) is 0 Å². The lowest BCUT2D eigenvalue weighted by Gasteiger charge is -2.10. The van der Waals surface area contributed by atoms with Gasteiger partial charge in [-0.2, -0.15) is 5.10 Å². The van der Waals surface area contributed by atoms with E-state index in [2.05, 4.69) is 14.9 Å². The molecule has 0 unspecified atom stereocenters. The van der Waals surface area contributed by atoms with Gasteiger partial charge in [0.05, 0.1) is 6.61 Å². The molecule has 1 rings (SSSR count). The molecule has 1 aromatic heterocycles. The molecule has 17 heavy (non-hydrogen) atoms. The minimum Gasteiger partial charge on any atom is -0.392 e. The maximum absolute atomic E-state index is 11.9. The number of rotatable bonds is 6. The first-order valence-electron chi connectivity index (χ1n) is 5.17. The molecule has 3 N–H and O–H groups in total. The maximum atomic E-state index is 11.9. The minimum atomic E-state index is -3.66. The molecule has 0 saturated carbocycles. The molecule has 0 aliphatic carbocycles. The Morgan fingerprint density at radius 2 is 2.12 bits per heavy atom. The smallest absolute Gasteiger partial charge is 0.260 e. The molecule has 7 nitrogen and oxygen atoms in total. The fourth-order valence-corrected chi connectivity index (χ4v) is 2.52. The number of aliphatic hydroxyl groups is 1. The zero-order valence-corrected chi connectivity index (χ0v) is 11.0. The van der Waals surface area contributed by atoms with E-state index in [-0.39, 0.29) is 11.6 Å². The van der Waals surface area contributed by atoms with Crippen molar-refractivity contribution in [2.24, 2.45) is 0 Å². The predicted molar refractivity (Wildman–Crippen MR) is 63.0 cm³/mol. The van der Waals surface area contributed by atoms with E-state index in [0.29, 0.717) is 24.3 Å². The number of hydrogen-bond acceptors (Lipinski definition) is 5. The predicted octanol–water partition coefficient (Wildman–Crippen LogP) is -0.950. The summed E-state index contributed by atoms with van der Waals surface area (Å²) in [6.45, 7) is 2.20. The Hall–Kier alpha value is -0.960. The summed E-state index contributed by atoms with van der Waals surface area (Å²) in [4.78, 5) is 1.87. The van der Waals surface area contributed by atoms with Gasteiger partial charge in [0.15, 0.2) is 5.03 Å². The number of aromatic amines is 1. The van der Waals surface area contributed by atoms with Crippen LogP contribution in [0.25, 0.3) is 0 Å². The van der Waals surface area contributed by atoms with Gasteiger partial charge >= 0.3 is 0 Å². The van der Waals surface area contributed by atoms with Crippen LogP contribution in [0.1, 0.15) is 11.3 Å². The zero-order valence-electron chi connectivity index (χ0n) is 10.2. The standard InChI is InChI=1S/C9H18N4O3S/c1-7-8(6-14)9(12-11-7)17(15,16)10-4-5-13(2)3/h10,14H,4-6H2,1-3H3,(H,11,12). The van der Waals surface area contributed by atoms with Crippen LogP contribution in [0.2, 0.25) is 0 Å². The molecular formula is C9H18N4O3S. The van der Waals surface area contributed by atoms with Crippen molar-refractivity contribution in [1.29, 1.82) is 0 Å². The SMILES string of the molecule is Cc1[nH]nc(S(=O)(=O)NCCN(C)C)c1CO. The van der Waals surface area contributed by atoms with Crippen LogP contribution in [-0.4, -0.2) is 55.8 Å². The molecule has 0 aliphatic heterocycles. The number of nitrogens with one attached hydrogen (secondary N) is 2. The number of sulfonamides is 1. The third kappa shape index (κ3) is 3.50. The van der Waals surface area contributed by atoms with Gasteiger partial charge < -0.3 is 10.0 Å². The van der Waals surface area contributed by atoms with Gasteiger partial charge in [0, 0.05) is 24.3 Å². The van der Waals surface area contributed by atoms with Gasteiger partial charge in [-0.25, -0.2) is 13.1 Å². The summed E-state index contributed by atoms with van der Waals surface area (Å²) < 4.78 is 26.2. The van der Waals surface area contributed by atoms with Crippen molar-refractivity contribution in [2.75, 3.05) is 27.2 Å². The Morgan fingerprint density at radius 3 is 2.65 bits per heavy atom. The second-order valence-electron chi connectivity index (χ2n) is 3.99. The largest absolute Gasteiger partial charge is 0.392 e. The summed E-state index contributed by atoms with van der Waals surface area (Å²) >= 11 is 0. The number of hydrogen-bond donors (Lipinski definition) is 3. The lowest BCUT2D eigenvalue weighted by Crippen LogP contribution is -2.32. The molecule has 0 aliphatic rings. The van der Waals surface area contributed by atoms with Crippen LogP contribution in [-0.2, 0) is 16.6 Å². The Labute approximate surface area is 101 Å². The molecular weight excluding hydrogens is 244 g/mol. The molecule has 0 atom stereocenters. The molecule has 0 aromatic carbocycles. The topological polar surface area (TPSA) is 98.3 Å².